The third kappa shape index (κ3) is 5.28. The fourth-order valence-corrected chi connectivity index (χ4v) is 2.49. The molecule has 0 fully saturated rings. The molecule has 3 heteroatoms. The van der Waals surface area contributed by atoms with Gasteiger partial charge in [-0.1, -0.05) is 39.8 Å². The zero-order chi connectivity index (χ0) is 12.8. The maximum atomic E-state index is 8.73. The van der Waals surface area contributed by atoms with Gasteiger partial charge in [-0.25, -0.2) is 0 Å². The molecular formula is C13H28O2Si. The SMILES string of the molecule is CC[C@@H](/C=C\CCO)O[Si](C)(C)C(C)(C)C. The number of hydrogen-bond donors (Lipinski definition) is 1. The van der Waals surface area contributed by atoms with E-state index in [0.717, 1.165) is 12.8 Å². The summed E-state index contributed by atoms with van der Waals surface area (Å²) in [6.07, 6.45) is 6.02. The van der Waals surface area contributed by atoms with E-state index in [0.29, 0.717) is 0 Å². The molecule has 1 atom stereocenters. The van der Waals surface area contributed by atoms with E-state index in [9.17, 15) is 0 Å². The van der Waals surface area contributed by atoms with E-state index in [4.69, 9.17) is 9.53 Å². The lowest BCUT2D eigenvalue weighted by atomic mass is 10.2. The van der Waals surface area contributed by atoms with Gasteiger partial charge in [0.15, 0.2) is 8.32 Å². The van der Waals surface area contributed by atoms with Crippen LogP contribution >= 0.6 is 0 Å². The van der Waals surface area contributed by atoms with Crippen LogP contribution in [0.3, 0.4) is 0 Å². The maximum absolute atomic E-state index is 8.73. The smallest absolute Gasteiger partial charge is 0.192 e. The van der Waals surface area contributed by atoms with Crippen LogP contribution in [0.4, 0.5) is 0 Å². The monoisotopic (exact) mass is 244 g/mol. The van der Waals surface area contributed by atoms with Gasteiger partial charge in [-0.2, -0.15) is 0 Å². The molecule has 1 N–H and O–H groups in total. The highest BCUT2D eigenvalue weighted by molar-refractivity contribution is 6.74. The van der Waals surface area contributed by atoms with E-state index in [1.165, 1.54) is 0 Å². The van der Waals surface area contributed by atoms with Crippen molar-refractivity contribution in [1.82, 2.24) is 0 Å². The van der Waals surface area contributed by atoms with Gasteiger partial charge in [-0.05, 0) is 31.0 Å². The van der Waals surface area contributed by atoms with Crippen molar-refractivity contribution in [2.45, 2.75) is 64.8 Å². The van der Waals surface area contributed by atoms with Gasteiger partial charge < -0.3 is 9.53 Å². The van der Waals surface area contributed by atoms with Crippen molar-refractivity contribution in [2.24, 2.45) is 0 Å². The molecule has 0 heterocycles. The minimum Gasteiger partial charge on any atom is -0.411 e. The molecule has 0 aromatic rings. The molecule has 0 aliphatic heterocycles. The Balaban J connectivity index is 4.42. The lowest BCUT2D eigenvalue weighted by Crippen LogP contribution is -2.43. The molecule has 0 saturated carbocycles. The van der Waals surface area contributed by atoms with E-state index in [1.54, 1.807) is 0 Å². The summed E-state index contributed by atoms with van der Waals surface area (Å²) in [5, 5.41) is 8.99. The van der Waals surface area contributed by atoms with Crippen LogP contribution in [0.25, 0.3) is 0 Å². The topological polar surface area (TPSA) is 29.5 Å². The minimum absolute atomic E-state index is 0.201. The normalized spacial score (nSPS) is 15.7. The Bertz CT molecular complexity index is 216. The van der Waals surface area contributed by atoms with E-state index >= 15 is 0 Å². The van der Waals surface area contributed by atoms with Gasteiger partial charge in [0.1, 0.15) is 0 Å². The molecule has 96 valence electrons. The number of rotatable bonds is 6. The first-order valence-corrected chi connectivity index (χ1v) is 9.10. The highest BCUT2D eigenvalue weighted by atomic mass is 28.4. The average Bonchev–Trinajstić information content (AvgIpc) is 2.14. The van der Waals surface area contributed by atoms with Crippen LogP contribution in [-0.2, 0) is 4.43 Å². The molecule has 0 rings (SSSR count). The van der Waals surface area contributed by atoms with E-state index < -0.39 is 8.32 Å². The molecule has 0 amide bonds. The highest BCUT2D eigenvalue weighted by Crippen LogP contribution is 2.37. The highest BCUT2D eigenvalue weighted by Gasteiger charge is 2.38. The first-order chi connectivity index (χ1) is 7.24. The van der Waals surface area contributed by atoms with E-state index in [1.807, 2.05) is 6.08 Å². The summed E-state index contributed by atoms with van der Waals surface area (Å²) in [5.41, 5.74) is 0. The third-order valence-electron chi connectivity index (χ3n) is 3.30. The van der Waals surface area contributed by atoms with Gasteiger partial charge in [0.25, 0.3) is 0 Å². The van der Waals surface area contributed by atoms with Crippen LogP contribution in [0, 0.1) is 0 Å². The Morgan fingerprint density at radius 1 is 1.31 bits per heavy atom. The molecule has 0 radical (unpaired) electrons. The second kappa shape index (κ2) is 6.57. The summed E-state index contributed by atoms with van der Waals surface area (Å²) in [6.45, 7) is 13.7. The standard InChI is InChI=1S/C13H28O2Si/c1-7-12(10-8-9-11-14)15-16(5,6)13(2,3)4/h8,10,12,14H,7,9,11H2,1-6H3/b10-8-/t12-/m0/s1. The summed E-state index contributed by atoms with van der Waals surface area (Å²) in [5.74, 6) is 0. The van der Waals surface area contributed by atoms with Crippen LogP contribution in [-0.4, -0.2) is 26.1 Å². The van der Waals surface area contributed by atoms with Crippen molar-refractivity contribution in [3.8, 4) is 0 Å². The van der Waals surface area contributed by atoms with E-state index in [-0.39, 0.29) is 17.7 Å². The Labute approximate surface area is 102 Å². The summed E-state index contributed by atoms with van der Waals surface area (Å²) >= 11 is 0. The second-order valence-electron chi connectivity index (χ2n) is 5.77. The van der Waals surface area contributed by atoms with Crippen LogP contribution in [0.2, 0.25) is 18.1 Å². The van der Waals surface area contributed by atoms with Crippen molar-refractivity contribution >= 4 is 8.32 Å². The van der Waals surface area contributed by atoms with Gasteiger partial charge in [0, 0.05) is 6.61 Å². The lowest BCUT2D eigenvalue weighted by Gasteiger charge is -2.38. The Morgan fingerprint density at radius 2 is 1.88 bits per heavy atom. The minimum atomic E-state index is -1.66. The predicted octanol–water partition coefficient (Wildman–Crippen LogP) is 3.73. The predicted molar refractivity (Wildman–Crippen MR) is 73.2 cm³/mol. The van der Waals surface area contributed by atoms with Gasteiger partial charge in [0.2, 0.25) is 0 Å². The van der Waals surface area contributed by atoms with Crippen molar-refractivity contribution in [1.29, 1.82) is 0 Å². The fraction of sp³-hybridized carbons (Fsp3) is 0.846. The van der Waals surface area contributed by atoms with Crippen LogP contribution < -0.4 is 0 Å². The molecule has 0 spiro atoms. The summed E-state index contributed by atoms with van der Waals surface area (Å²) < 4.78 is 6.27. The van der Waals surface area contributed by atoms with Gasteiger partial charge in [0.05, 0.1) is 6.10 Å². The fourth-order valence-electron chi connectivity index (χ4n) is 1.14. The van der Waals surface area contributed by atoms with Crippen molar-refractivity contribution in [2.75, 3.05) is 6.61 Å². The number of aliphatic hydroxyl groups excluding tert-OH is 1. The van der Waals surface area contributed by atoms with Crippen LogP contribution in [0.15, 0.2) is 12.2 Å². The Kier molecular flexibility index (Phi) is 6.52. The summed E-state index contributed by atoms with van der Waals surface area (Å²) in [6, 6.07) is 0. The molecule has 2 nitrogen and oxygen atoms in total. The van der Waals surface area contributed by atoms with Crippen molar-refractivity contribution in [3.63, 3.8) is 0 Å². The zero-order valence-electron chi connectivity index (χ0n) is 11.7. The average molecular weight is 244 g/mol. The lowest BCUT2D eigenvalue weighted by molar-refractivity contribution is 0.220. The van der Waals surface area contributed by atoms with Gasteiger partial charge in [-0.15, -0.1) is 0 Å². The van der Waals surface area contributed by atoms with Crippen LogP contribution in [0.1, 0.15) is 40.5 Å². The zero-order valence-corrected chi connectivity index (χ0v) is 12.7. The number of hydrogen-bond acceptors (Lipinski definition) is 2. The first-order valence-electron chi connectivity index (χ1n) is 6.20. The molecule has 0 bridgehead atoms. The molecule has 0 aromatic heterocycles. The van der Waals surface area contributed by atoms with Crippen molar-refractivity contribution in [3.05, 3.63) is 12.2 Å². The molecule has 0 aliphatic carbocycles. The molecule has 0 saturated heterocycles. The quantitative estimate of drug-likeness (QED) is 0.570. The van der Waals surface area contributed by atoms with Crippen LogP contribution in [0.5, 0.6) is 0 Å². The maximum Gasteiger partial charge on any atom is 0.192 e. The number of aliphatic hydroxyl groups is 1. The second-order valence-corrected chi connectivity index (χ2v) is 10.5. The third-order valence-corrected chi connectivity index (χ3v) is 7.81. The molecule has 0 unspecified atom stereocenters. The summed E-state index contributed by atoms with van der Waals surface area (Å²) in [7, 11) is -1.66. The van der Waals surface area contributed by atoms with E-state index in [2.05, 4.69) is 46.9 Å². The Morgan fingerprint density at radius 3 is 2.25 bits per heavy atom. The summed E-state index contributed by atoms with van der Waals surface area (Å²) in [4.78, 5) is 0. The molecule has 16 heavy (non-hydrogen) atoms. The largest absolute Gasteiger partial charge is 0.411 e. The molecule has 0 aliphatic rings. The van der Waals surface area contributed by atoms with Gasteiger partial charge >= 0.3 is 0 Å². The molecular weight excluding hydrogens is 216 g/mol. The molecule has 0 aromatic carbocycles. The first kappa shape index (κ1) is 15.9. The van der Waals surface area contributed by atoms with Gasteiger partial charge in [-0.3, -0.25) is 0 Å². The van der Waals surface area contributed by atoms with Crippen molar-refractivity contribution < 1.29 is 9.53 Å². The Hall–Kier alpha value is -0.123.